The highest BCUT2D eigenvalue weighted by Gasteiger charge is 2.36. The Morgan fingerprint density at radius 1 is 1.35 bits per heavy atom. The summed E-state index contributed by atoms with van der Waals surface area (Å²) in [7, 11) is 0. The SMILES string of the molecule is CCNCc1cc(Br)cnc1N1CCC(CC)(CC)C1. The lowest BCUT2D eigenvalue weighted by Gasteiger charge is -2.27. The zero-order chi connectivity index (χ0) is 14.6. The second kappa shape index (κ2) is 6.90. The van der Waals surface area contributed by atoms with Crippen molar-refractivity contribution in [3.05, 3.63) is 22.3 Å². The molecule has 0 bridgehead atoms. The van der Waals surface area contributed by atoms with Gasteiger partial charge in [-0.25, -0.2) is 4.98 Å². The number of aromatic nitrogens is 1. The van der Waals surface area contributed by atoms with E-state index in [2.05, 4.69) is 58.0 Å². The molecule has 1 aromatic rings. The average molecular weight is 340 g/mol. The Morgan fingerprint density at radius 3 is 2.70 bits per heavy atom. The standard InChI is InChI=1S/C16H26BrN3/c1-4-16(5-2)7-8-20(12-16)15-13(10-18-6-3)9-14(17)11-19-15/h9,11,18H,4-8,10,12H2,1-3H3. The normalized spacial score (nSPS) is 17.7. The summed E-state index contributed by atoms with van der Waals surface area (Å²) in [5, 5.41) is 3.42. The smallest absolute Gasteiger partial charge is 0.133 e. The van der Waals surface area contributed by atoms with Crippen LogP contribution in [0.2, 0.25) is 0 Å². The van der Waals surface area contributed by atoms with Gasteiger partial charge in [0, 0.05) is 35.9 Å². The number of nitrogens with zero attached hydrogens (tertiary/aromatic N) is 2. The van der Waals surface area contributed by atoms with E-state index in [0.717, 1.165) is 36.5 Å². The van der Waals surface area contributed by atoms with Crippen LogP contribution in [0.1, 0.15) is 45.6 Å². The molecule has 4 heteroatoms. The van der Waals surface area contributed by atoms with Crippen LogP contribution < -0.4 is 10.2 Å². The van der Waals surface area contributed by atoms with Crippen LogP contribution in [0.3, 0.4) is 0 Å². The van der Waals surface area contributed by atoms with Crippen LogP contribution in [-0.2, 0) is 6.54 Å². The van der Waals surface area contributed by atoms with Gasteiger partial charge in [0.1, 0.15) is 5.82 Å². The van der Waals surface area contributed by atoms with Crippen LogP contribution in [0.5, 0.6) is 0 Å². The van der Waals surface area contributed by atoms with E-state index in [-0.39, 0.29) is 0 Å². The Hall–Kier alpha value is -0.610. The van der Waals surface area contributed by atoms with Crippen LogP contribution in [-0.4, -0.2) is 24.6 Å². The van der Waals surface area contributed by atoms with Crippen molar-refractivity contribution >= 4 is 21.7 Å². The Labute approximate surface area is 131 Å². The fraction of sp³-hybridized carbons (Fsp3) is 0.688. The Morgan fingerprint density at radius 2 is 2.10 bits per heavy atom. The third kappa shape index (κ3) is 3.34. The molecule has 0 unspecified atom stereocenters. The van der Waals surface area contributed by atoms with Gasteiger partial charge in [-0.15, -0.1) is 0 Å². The summed E-state index contributed by atoms with van der Waals surface area (Å²) in [6.45, 7) is 10.9. The van der Waals surface area contributed by atoms with Gasteiger partial charge < -0.3 is 10.2 Å². The van der Waals surface area contributed by atoms with Crippen molar-refractivity contribution in [3.63, 3.8) is 0 Å². The summed E-state index contributed by atoms with van der Waals surface area (Å²) in [5.74, 6) is 1.16. The topological polar surface area (TPSA) is 28.2 Å². The number of pyridine rings is 1. The number of hydrogen-bond acceptors (Lipinski definition) is 3. The Balaban J connectivity index is 2.20. The lowest BCUT2D eigenvalue weighted by Crippen LogP contribution is -2.28. The quantitative estimate of drug-likeness (QED) is 0.849. The largest absolute Gasteiger partial charge is 0.356 e. The molecule has 1 N–H and O–H groups in total. The van der Waals surface area contributed by atoms with E-state index >= 15 is 0 Å². The molecule has 1 aliphatic heterocycles. The van der Waals surface area contributed by atoms with Crippen molar-refractivity contribution < 1.29 is 0 Å². The zero-order valence-electron chi connectivity index (χ0n) is 12.9. The molecule has 0 atom stereocenters. The lowest BCUT2D eigenvalue weighted by atomic mass is 9.82. The summed E-state index contributed by atoms with van der Waals surface area (Å²) < 4.78 is 1.06. The van der Waals surface area contributed by atoms with Crippen LogP contribution in [0.15, 0.2) is 16.7 Å². The first-order valence-electron chi connectivity index (χ1n) is 7.74. The molecular formula is C16H26BrN3. The number of hydrogen-bond donors (Lipinski definition) is 1. The molecule has 0 aromatic carbocycles. The maximum atomic E-state index is 4.69. The summed E-state index contributed by atoms with van der Waals surface area (Å²) in [5.41, 5.74) is 1.79. The number of anilines is 1. The van der Waals surface area contributed by atoms with Gasteiger partial charge in [0.2, 0.25) is 0 Å². The van der Waals surface area contributed by atoms with E-state index in [0.29, 0.717) is 5.41 Å². The van der Waals surface area contributed by atoms with Crippen molar-refractivity contribution in [1.29, 1.82) is 0 Å². The van der Waals surface area contributed by atoms with E-state index in [1.165, 1.54) is 24.8 Å². The molecule has 1 fully saturated rings. The molecule has 1 saturated heterocycles. The molecule has 0 radical (unpaired) electrons. The molecule has 0 amide bonds. The number of halogens is 1. The molecule has 20 heavy (non-hydrogen) atoms. The predicted octanol–water partition coefficient (Wildman–Crippen LogP) is 3.97. The molecule has 2 rings (SSSR count). The van der Waals surface area contributed by atoms with Gasteiger partial charge in [0.25, 0.3) is 0 Å². The third-order valence-corrected chi connectivity index (χ3v) is 5.15. The molecule has 0 aliphatic carbocycles. The van der Waals surface area contributed by atoms with Gasteiger partial charge in [0.15, 0.2) is 0 Å². The van der Waals surface area contributed by atoms with Gasteiger partial charge in [-0.3, -0.25) is 0 Å². The van der Waals surface area contributed by atoms with Gasteiger partial charge in [-0.1, -0.05) is 20.8 Å². The predicted molar refractivity (Wildman–Crippen MR) is 89.2 cm³/mol. The number of rotatable bonds is 6. The molecule has 0 spiro atoms. The second-order valence-electron chi connectivity index (χ2n) is 5.80. The molecule has 2 heterocycles. The highest BCUT2D eigenvalue weighted by atomic mass is 79.9. The zero-order valence-corrected chi connectivity index (χ0v) is 14.5. The highest BCUT2D eigenvalue weighted by molar-refractivity contribution is 9.10. The Bertz CT molecular complexity index is 443. The van der Waals surface area contributed by atoms with Gasteiger partial charge in [-0.2, -0.15) is 0 Å². The van der Waals surface area contributed by atoms with E-state index < -0.39 is 0 Å². The van der Waals surface area contributed by atoms with Crippen LogP contribution in [0.4, 0.5) is 5.82 Å². The van der Waals surface area contributed by atoms with Crippen molar-refractivity contribution in [2.45, 2.75) is 46.6 Å². The monoisotopic (exact) mass is 339 g/mol. The lowest BCUT2D eigenvalue weighted by molar-refractivity contribution is 0.301. The molecule has 1 aliphatic rings. The van der Waals surface area contributed by atoms with E-state index in [9.17, 15) is 0 Å². The minimum absolute atomic E-state index is 0.490. The molecular weight excluding hydrogens is 314 g/mol. The minimum atomic E-state index is 0.490. The fourth-order valence-electron chi connectivity index (χ4n) is 3.09. The van der Waals surface area contributed by atoms with Crippen LogP contribution >= 0.6 is 15.9 Å². The van der Waals surface area contributed by atoms with Gasteiger partial charge in [0.05, 0.1) is 0 Å². The molecule has 112 valence electrons. The maximum absolute atomic E-state index is 4.69. The Kier molecular flexibility index (Phi) is 5.44. The van der Waals surface area contributed by atoms with Crippen molar-refractivity contribution in [2.75, 3.05) is 24.5 Å². The summed E-state index contributed by atoms with van der Waals surface area (Å²) in [6.07, 6.45) is 5.74. The third-order valence-electron chi connectivity index (χ3n) is 4.71. The highest BCUT2D eigenvalue weighted by Crippen LogP contribution is 2.39. The summed E-state index contributed by atoms with van der Waals surface area (Å²) in [6, 6.07) is 2.20. The van der Waals surface area contributed by atoms with E-state index in [4.69, 9.17) is 0 Å². The summed E-state index contributed by atoms with van der Waals surface area (Å²) in [4.78, 5) is 7.16. The first-order valence-corrected chi connectivity index (χ1v) is 8.53. The van der Waals surface area contributed by atoms with Crippen LogP contribution in [0, 0.1) is 5.41 Å². The first-order chi connectivity index (χ1) is 9.64. The fourth-order valence-corrected chi connectivity index (χ4v) is 3.47. The molecule has 0 saturated carbocycles. The summed E-state index contributed by atoms with van der Waals surface area (Å²) >= 11 is 3.54. The average Bonchev–Trinajstić information content (AvgIpc) is 2.90. The van der Waals surface area contributed by atoms with Crippen LogP contribution in [0.25, 0.3) is 0 Å². The molecule has 1 aromatic heterocycles. The van der Waals surface area contributed by atoms with Crippen molar-refractivity contribution in [2.24, 2.45) is 5.41 Å². The first kappa shape index (κ1) is 15.8. The van der Waals surface area contributed by atoms with Crippen molar-refractivity contribution in [1.82, 2.24) is 10.3 Å². The minimum Gasteiger partial charge on any atom is -0.356 e. The number of nitrogens with one attached hydrogen (secondary N) is 1. The van der Waals surface area contributed by atoms with E-state index in [1.54, 1.807) is 0 Å². The molecule has 3 nitrogen and oxygen atoms in total. The van der Waals surface area contributed by atoms with E-state index in [1.807, 2.05) is 6.20 Å². The maximum Gasteiger partial charge on any atom is 0.133 e. The van der Waals surface area contributed by atoms with Crippen molar-refractivity contribution in [3.8, 4) is 0 Å². The second-order valence-corrected chi connectivity index (χ2v) is 6.71. The van der Waals surface area contributed by atoms with Gasteiger partial charge in [-0.05, 0) is 53.2 Å². The van der Waals surface area contributed by atoms with Gasteiger partial charge >= 0.3 is 0 Å².